The Morgan fingerprint density at radius 2 is 1.00 bits per heavy atom. The van der Waals surface area contributed by atoms with Gasteiger partial charge in [0.25, 0.3) is 5.97 Å². The van der Waals surface area contributed by atoms with E-state index in [0.717, 1.165) is 6.92 Å². The third-order valence-corrected chi connectivity index (χ3v) is 0.183. The van der Waals surface area contributed by atoms with Crippen molar-refractivity contribution >= 4 is 36.8 Å². The van der Waals surface area contributed by atoms with Crippen LogP contribution in [0.15, 0.2) is 0 Å². The van der Waals surface area contributed by atoms with E-state index in [1.807, 2.05) is 0 Å². The molecule has 73 valence electrons. The van der Waals surface area contributed by atoms with Gasteiger partial charge in [0.2, 0.25) is 0 Å². The van der Waals surface area contributed by atoms with Crippen molar-refractivity contribution in [1.82, 2.24) is 6.15 Å². The van der Waals surface area contributed by atoms with Crippen molar-refractivity contribution in [3.8, 4) is 0 Å². The van der Waals surface area contributed by atoms with Crippen molar-refractivity contribution in [1.29, 1.82) is 0 Å². The van der Waals surface area contributed by atoms with E-state index in [1.54, 1.807) is 0 Å². The van der Waals surface area contributed by atoms with Crippen molar-refractivity contribution in [3.63, 3.8) is 0 Å². The van der Waals surface area contributed by atoms with Crippen LogP contribution >= 0.6 is 0 Å². The SMILES string of the molecule is CC(=O)O.N.O=C(O)C(=O)O.[LiH].[Nb]. The second-order valence-electron chi connectivity index (χ2n) is 1.13. The van der Waals surface area contributed by atoms with Gasteiger partial charge < -0.3 is 21.5 Å². The molecule has 0 atom stereocenters. The Morgan fingerprint density at radius 1 is 0.923 bits per heavy atom. The molecule has 0 unspecified atom stereocenters. The molecule has 0 amide bonds. The third kappa shape index (κ3) is 80.3. The summed E-state index contributed by atoms with van der Waals surface area (Å²) >= 11 is 0. The molecule has 7 nitrogen and oxygen atoms in total. The largest absolute Gasteiger partial charge is 0 e. The quantitative estimate of drug-likeness (QED) is 0.317. The molecule has 0 saturated heterocycles. The summed E-state index contributed by atoms with van der Waals surface area (Å²) in [6.45, 7) is 1.08. The van der Waals surface area contributed by atoms with Crippen LogP contribution in [0.25, 0.3) is 0 Å². The van der Waals surface area contributed by atoms with Crippen LogP contribution in [0.2, 0.25) is 0 Å². The van der Waals surface area contributed by atoms with Gasteiger partial charge in [-0.15, -0.1) is 0 Å². The minimum absolute atomic E-state index is 0. The van der Waals surface area contributed by atoms with Gasteiger partial charge in [0.1, 0.15) is 0 Å². The van der Waals surface area contributed by atoms with Gasteiger partial charge in [-0.05, 0) is 0 Å². The maximum absolute atomic E-state index is 9.10. The maximum atomic E-state index is 9.10. The van der Waals surface area contributed by atoms with Gasteiger partial charge in [-0.2, -0.15) is 0 Å². The summed E-state index contributed by atoms with van der Waals surface area (Å²) in [5.74, 6) is -4.48. The Kier molecular flexibility index (Phi) is 39.9. The second-order valence-corrected chi connectivity index (χ2v) is 1.13. The zero-order chi connectivity index (χ0) is 8.73. The predicted octanol–water partition coefficient (Wildman–Crippen LogP) is -1.24. The van der Waals surface area contributed by atoms with E-state index in [0.29, 0.717) is 0 Å². The zero-order valence-corrected chi connectivity index (χ0v) is 8.42. The molecule has 0 spiro atoms. The van der Waals surface area contributed by atoms with Crippen molar-refractivity contribution in [2.45, 2.75) is 6.92 Å². The van der Waals surface area contributed by atoms with Crippen LogP contribution in [0.5, 0.6) is 0 Å². The molecule has 0 saturated carbocycles. The van der Waals surface area contributed by atoms with E-state index < -0.39 is 17.9 Å². The standard InChI is InChI=1S/C2H2O4.C2H4O2.Li.H3N.Nb.H/c3-1(4)2(5)6;1-2(3)4;;;;/h(H,3,4)(H,5,6);1H3,(H,3,4);;1H3;;. The van der Waals surface area contributed by atoms with Crippen LogP contribution in [0.1, 0.15) is 6.92 Å². The Labute approximate surface area is 102 Å². The summed E-state index contributed by atoms with van der Waals surface area (Å²) in [5, 5.41) is 22.2. The molecule has 6 N–H and O–H groups in total. The van der Waals surface area contributed by atoms with Crippen molar-refractivity contribution in [2.75, 3.05) is 0 Å². The normalized spacial score (nSPS) is 5.31. The third-order valence-electron chi connectivity index (χ3n) is 0.183. The molecular formula is C4H10LiNNbO6. The van der Waals surface area contributed by atoms with Gasteiger partial charge in [0, 0.05) is 29.3 Å². The molecular weight excluding hydrogens is 258 g/mol. The first kappa shape index (κ1) is 29.3. The molecule has 13 heavy (non-hydrogen) atoms. The van der Waals surface area contributed by atoms with Gasteiger partial charge in [0.05, 0.1) is 0 Å². The molecule has 0 bridgehead atoms. The summed E-state index contributed by atoms with van der Waals surface area (Å²) in [6.07, 6.45) is 0. The Bertz CT molecular complexity index is 147. The molecule has 0 aromatic heterocycles. The van der Waals surface area contributed by atoms with Crippen LogP contribution in [0.3, 0.4) is 0 Å². The smallest absolute Gasteiger partial charge is 0 e. The fourth-order valence-corrected chi connectivity index (χ4v) is 0. The molecule has 0 aliphatic carbocycles. The molecule has 1 radical (unpaired) electrons. The van der Waals surface area contributed by atoms with Gasteiger partial charge in [0.15, 0.2) is 0 Å². The molecule has 0 heterocycles. The van der Waals surface area contributed by atoms with Gasteiger partial charge in [-0.25, -0.2) is 9.59 Å². The van der Waals surface area contributed by atoms with Crippen LogP contribution in [-0.2, 0) is 36.8 Å². The average Bonchev–Trinajstić information content (AvgIpc) is 1.63. The average molecular weight is 268 g/mol. The Balaban J connectivity index is -0.0000000279. The summed E-state index contributed by atoms with van der Waals surface area (Å²) in [5.41, 5.74) is 0. The summed E-state index contributed by atoms with van der Waals surface area (Å²) in [7, 11) is 0. The maximum Gasteiger partial charge on any atom is 0 e. The first-order valence-corrected chi connectivity index (χ1v) is 2.03. The monoisotopic (exact) mass is 268 g/mol. The van der Waals surface area contributed by atoms with Crippen molar-refractivity contribution in [3.05, 3.63) is 0 Å². The number of aliphatic carboxylic acids is 3. The van der Waals surface area contributed by atoms with E-state index >= 15 is 0 Å². The minimum atomic E-state index is -1.82. The van der Waals surface area contributed by atoms with E-state index in [-0.39, 0.29) is 47.4 Å². The summed E-state index contributed by atoms with van der Waals surface area (Å²) in [4.78, 5) is 27.2. The number of carboxylic acids is 3. The molecule has 9 heteroatoms. The van der Waals surface area contributed by atoms with Crippen LogP contribution < -0.4 is 6.15 Å². The first-order valence-electron chi connectivity index (χ1n) is 2.03. The molecule has 0 aliphatic heterocycles. The number of carbonyl (C=O) groups is 3. The van der Waals surface area contributed by atoms with E-state index in [9.17, 15) is 0 Å². The number of hydrogen-bond acceptors (Lipinski definition) is 4. The fourth-order valence-electron chi connectivity index (χ4n) is 0. The van der Waals surface area contributed by atoms with Gasteiger partial charge in [-0.1, -0.05) is 0 Å². The van der Waals surface area contributed by atoms with E-state index in [4.69, 9.17) is 29.7 Å². The van der Waals surface area contributed by atoms with Crippen LogP contribution in [-0.4, -0.2) is 52.1 Å². The Hall–Kier alpha value is -0.292. The summed E-state index contributed by atoms with van der Waals surface area (Å²) < 4.78 is 0. The predicted molar refractivity (Wildman–Crippen MR) is 40.8 cm³/mol. The van der Waals surface area contributed by atoms with Crippen molar-refractivity contribution < 1.29 is 52.1 Å². The number of rotatable bonds is 0. The molecule has 0 fully saturated rings. The van der Waals surface area contributed by atoms with Crippen molar-refractivity contribution in [2.24, 2.45) is 0 Å². The Morgan fingerprint density at radius 3 is 1.00 bits per heavy atom. The van der Waals surface area contributed by atoms with E-state index in [2.05, 4.69) is 0 Å². The minimum Gasteiger partial charge on any atom is 0 e. The molecule has 0 aliphatic rings. The first-order chi connectivity index (χ1) is 4.37. The molecule has 0 aromatic carbocycles. The van der Waals surface area contributed by atoms with Gasteiger partial charge >= 0.3 is 30.8 Å². The number of carboxylic acid groups (broad SMARTS) is 3. The second kappa shape index (κ2) is 17.7. The fraction of sp³-hybridized carbons (Fsp3) is 0.250. The summed E-state index contributed by atoms with van der Waals surface area (Å²) in [6, 6.07) is 0. The number of hydrogen-bond donors (Lipinski definition) is 4. The van der Waals surface area contributed by atoms with Crippen LogP contribution in [0, 0.1) is 0 Å². The molecule has 0 rings (SSSR count). The van der Waals surface area contributed by atoms with Gasteiger partial charge in [-0.3, -0.25) is 4.79 Å². The topological polar surface area (TPSA) is 147 Å². The van der Waals surface area contributed by atoms with Crippen LogP contribution in [0.4, 0.5) is 0 Å². The van der Waals surface area contributed by atoms with E-state index in [1.165, 1.54) is 0 Å². The molecule has 0 aromatic rings. The zero-order valence-electron chi connectivity index (χ0n) is 6.22.